The van der Waals surface area contributed by atoms with Crippen LogP contribution in [-0.4, -0.2) is 22.9 Å². The van der Waals surface area contributed by atoms with Crippen molar-refractivity contribution in [1.82, 2.24) is 0 Å². The highest BCUT2D eigenvalue weighted by molar-refractivity contribution is 5.77. The monoisotopic (exact) mass is 243 g/mol. The number of hydrogen-bond acceptors (Lipinski definition) is 3. The Balaban J connectivity index is 2.49. The summed E-state index contributed by atoms with van der Waals surface area (Å²) >= 11 is 0. The molecule has 0 amide bonds. The second kappa shape index (κ2) is 5.34. The molecule has 3 nitrogen and oxygen atoms in total. The summed E-state index contributed by atoms with van der Waals surface area (Å²) in [7, 11) is 0. The lowest BCUT2D eigenvalue weighted by atomic mass is 9.92. The minimum absolute atomic E-state index is 0.236. The molecule has 0 fully saturated rings. The predicted octanol–water partition coefficient (Wildman–Crippen LogP) is 1.74. The molecular weight excluding hydrogens is 226 g/mol. The number of allylic oxidation sites excluding steroid dienone is 2. The molecule has 0 bridgehead atoms. The summed E-state index contributed by atoms with van der Waals surface area (Å²) in [5.74, 6) is 0. The van der Waals surface area contributed by atoms with Crippen LogP contribution in [0.2, 0.25) is 0 Å². The van der Waals surface area contributed by atoms with Crippen LogP contribution in [0.1, 0.15) is 28.7 Å². The summed E-state index contributed by atoms with van der Waals surface area (Å²) in [5, 5.41) is 27.5. The first-order chi connectivity index (χ1) is 8.67. The van der Waals surface area contributed by atoms with Gasteiger partial charge in [0, 0.05) is 12.5 Å². The zero-order valence-corrected chi connectivity index (χ0v) is 10.5. The molecule has 0 heterocycles. The number of benzene rings is 1. The van der Waals surface area contributed by atoms with E-state index in [4.69, 9.17) is 10.4 Å². The fourth-order valence-electron chi connectivity index (χ4n) is 2.59. The number of nitrogens with zero attached hydrogens (tertiary/aromatic N) is 1. The molecule has 0 spiro atoms. The van der Waals surface area contributed by atoms with Gasteiger partial charge in [-0.3, -0.25) is 0 Å². The van der Waals surface area contributed by atoms with E-state index >= 15 is 0 Å². The molecule has 1 aromatic rings. The van der Waals surface area contributed by atoms with Crippen LogP contribution in [0.25, 0.3) is 5.57 Å². The molecule has 3 heteroatoms. The Kier molecular flexibility index (Phi) is 3.81. The third-order valence-electron chi connectivity index (χ3n) is 3.51. The van der Waals surface area contributed by atoms with Gasteiger partial charge in [0.05, 0.1) is 18.8 Å². The Morgan fingerprint density at radius 1 is 1.44 bits per heavy atom. The quantitative estimate of drug-likeness (QED) is 0.795. The Labute approximate surface area is 107 Å². The van der Waals surface area contributed by atoms with Crippen LogP contribution >= 0.6 is 0 Å². The van der Waals surface area contributed by atoms with E-state index in [9.17, 15) is 5.11 Å². The van der Waals surface area contributed by atoms with Crippen LogP contribution in [0, 0.1) is 18.3 Å². The summed E-state index contributed by atoms with van der Waals surface area (Å²) in [5.41, 5.74) is 5.57. The van der Waals surface area contributed by atoms with Gasteiger partial charge in [-0.2, -0.15) is 5.26 Å². The first kappa shape index (κ1) is 12.8. The molecule has 1 atom stereocenters. The molecule has 1 aromatic carbocycles. The second-order valence-electron chi connectivity index (χ2n) is 4.73. The van der Waals surface area contributed by atoms with Crippen molar-refractivity contribution in [3.05, 3.63) is 40.5 Å². The molecule has 1 aliphatic carbocycles. The lowest BCUT2D eigenvalue weighted by molar-refractivity contribution is 0.0953. The van der Waals surface area contributed by atoms with E-state index in [0.717, 1.165) is 35.1 Å². The predicted molar refractivity (Wildman–Crippen MR) is 69.9 cm³/mol. The number of fused-ring (bicyclic) bond motifs is 1. The zero-order valence-electron chi connectivity index (χ0n) is 10.5. The maximum Gasteiger partial charge on any atom is 0.0915 e. The van der Waals surface area contributed by atoms with Gasteiger partial charge in [0.15, 0.2) is 0 Å². The SMILES string of the molecule is Cc1ccc2c(c1CC(O)CO)/C(=C/C#N)CC2. The van der Waals surface area contributed by atoms with Gasteiger partial charge < -0.3 is 10.2 Å². The van der Waals surface area contributed by atoms with Gasteiger partial charge >= 0.3 is 0 Å². The molecule has 0 radical (unpaired) electrons. The van der Waals surface area contributed by atoms with Crippen LogP contribution in [0.4, 0.5) is 0 Å². The third-order valence-corrected chi connectivity index (χ3v) is 3.51. The van der Waals surface area contributed by atoms with Gasteiger partial charge in [0.1, 0.15) is 0 Å². The average Bonchev–Trinajstić information content (AvgIpc) is 2.76. The molecule has 18 heavy (non-hydrogen) atoms. The Bertz CT molecular complexity index is 526. The third kappa shape index (κ3) is 2.31. The molecular formula is C15H17NO2. The fourth-order valence-corrected chi connectivity index (χ4v) is 2.59. The Hall–Kier alpha value is -1.63. The van der Waals surface area contributed by atoms with Crippen molar-refractivity contribution in [2.45, 2.75) is 32.3 Å². The van der Waals surface area contributed by atoms with Gasteiger partial charge in [-0.15, -0.1) is 0 Å². The molecule has 94 valence electrons. The van der Waals surface area contributed by atoms with E-state index in [2.05, 4.69) is 12.1 Å². The van der Waals surface area contributed by atoms with Crippen molar-refractivity contribution >= 4 is 5.57 Å². The largest absolute Gasteiger partial charge is 0.394 e. The van der Waals surface area contributed by atoms with Crippen LogP contribution in [-0.2, 0) is 12.8 Å². The first-order valence-corrected chi connectivity index (χ1v) is 6.16. The van der Waals surface area contributed by atoms with E-state index < -0.39 is 6.10 Å². The second-order valence-corrected chi connectivity index (χ2v) is 4.73. The van der Waals surface area contributed by atoms with Crippen LogP contribution in [0.5, 0.6) is 0 Å². The molecule has 2 rings (SSSR count). The molecule has 1 aliphatic rings. The highest BCUT2D eigenvalue weighted by Gasteiger charge is 2.22. The minimum atomic E-state index is -0.737. The zero-order chi connectivity index (χ0) is 13.1. The standard InChI is InChI=1S/C15H17NO2/c1-10-2-3-11-4-5-12(6-7-16)15(11)14(10)8-13(18)9-17/h2-3,6,13,17-18H,4-5,8-9H2,1H3/b12-6+. The average molecular weight is 243 g/mol. The van der Waals surface area contributed by atoms with E-state index in [1.807, 2.05) is 13.0 Å². The van der Waals surface area contributed by atoms with Crippen molar-refractivity contribution in [2.75, 3.05) is 6.61 Å². The Morgan fingerprint density at radius 2 is 2.22 bits per heavy atom. The maximum absolute atomic E-state index is 9.65. The topological polar surface area (TPSA) is 64.2 Å². The smallest absolute Gasteiger partial charge is 0.0915 e. The van der Waals surface area contributed by atoms with Gasteiger partial charge in [0.25, 0.3) is 0 Å². The van der Waals surface area contributed by atoms with Gasteiger partial charge in [-0.25, -0.2) is 0 Å². The molecule has 1 unspecified atom stereocenters. The summed E-state index contributed by atoms with van der Waals surface area (Å²) in [6.07, 6.45) is 3.13. The summed E-state index contributed by atoms with van der Waals surface area (Å²) < 4.78 is 0. The van der Waals surface area contributed by atoms with Crippen LogP contribution in [0.15, 0.2) is 18.2 Å². The summed E-state index contributed by atoms with van der Waals surface area (Å²) in [4.78, 5) is 0. The van der Waals surface area contributed by atoms with Gasteiger partial charge in [0.2, 0.25) is 0 Å². The van der Waals surface area contributed by atoms with Crippen molar-refractivity contribution in [2.24, 2.45) is 0 Å². The van der Waals surface area contributed by atoms with E-state index in [1.54, 1.807) is 6.08 Å². The number of rotatable bonds is 3. The molecule has 0 aromatic heterocycles. The number of aliphatic hydroxyl groups excluding tert-OH is 2. The number of aliphatic hydroxyl groups is 2. The van der Waals surface area contributed by atoms with Crippen LogP contribution in [0.3, 0.4) is 0 Å². The highest BCUT2D eigenvalue weighted by atomic mass is 16.3. The normalized spacial score (nSPS) is 17.6. The summed E-state index contributed by atoms with van der Waals surface area (Å²) in [6.45, 7) is 1.77. The summed E-state index contributed by atoms with van der Waals surface area (Å²) in [6, 6.07) is 6.23. The minimum Gasteiger partial charge on any atom is -0.394 e. The van der Waals surface area contributed by atoms with Crippen LogP contribution < -0.4 is 0 Å². The van der Waals surface area contributed by atoms with E-state index in [-0.39, 0.29) is 6.61 Å². The van der Waals surface area contributed by atoms with E-state index in [0.29, 0.717) is 6.42 Å². The maximum atomic E-state index is 9.65. The number of nitriles is 1. The Morgan fingerprint density at radius 3 is 2.89 bits per heavy atom. The first-order valence-electron chi connectivity index (χ1n) is 6.16. The van der Waals surface area contributed by atoms with Gasteiger partial charge in [-0.05, 0) is 47.6 Å². The number of aryl methyl sites for hydroxylation is 2. The van der Waals surface area contributed by atoms with E-state index in [1.165, 1.54) is 5.56 Å². The lowest BCUT2D eigenvalue weighted by Gasteiger charge is -2.15. The van der Waals surface area contributed by atoms with Crippen molar-refractivity contribution < 1.29 is 10.2 Å². The highest BCUT2D eigenvalue weighted by Crippen LogP contribution is 2.36. The van der Waals surface area contributed by atoms with Crippen molar-refractivity contribution in [3.63, 3.8) is 0 Å². The lowest BCUT2D eigenvalue weighted by Crippen LogP contribution is -2.17. The molecule has 2 N–H and O–H groups in total. The molecule has 0 saturated carbocycles. The number of hydrogen-bond donors (Lipinski definition) is 2. The van der Waals surface area contributed by atoms with Crippen molar-refractivity contribution in [3.8, 4) is 6.07 Å². The fraction of sp³-hybridized carbons (Fsp3) is 0.400. The molecule has 0 aliphatic heterocycles. The molecule has 0 saturated heterocycles. The van der Waals surface area contributed by atoms with Crippen molar-refractivity contribution in [1.29, 1.82) is 5.26 Å². The van der Waals surface area contributed by atoms with Gasteiger partial charge in [-0.1, -0.05) is 12.1 Å².